The van der Waals surface area contributed by atoms with Crippen LogP contribution >= 0.6 is 0 Å². The average Bonchev–Trinajstić information content (AvgIpc) is 3.83. The molecule has 2 heteroatoms. The zero-order valence-electron chi connectivity index (χ0n) is 34.4. The molecule has 0 bridgehead atoms. The van der Waals surface area contributed by atoms with Crippen molar-refractivity contribution in [3.8, 4) is 39.1 Å². The van der Waals surface area contributed by atoms with Crippen LogP contribution in [0.25, 0.3) is 71.6 Å². The van der Waals surface area contributed by atoms with Crippen LogP contribution in [0, 0.1) is 0 Å². The van der Waals surface area contributed by atoms with Crippen LogP contribution < -0.4 is 4.90 Å². The Morgan fingerprint density at radius 3 is 1.63 bits per heavy atom. The van der Waals surface area contributed by atoms with E-state index in [1.54, 1.807) is 0 Å². The molecule has 1 aromatic heterocycles. The van der Waals surface area contributed by atoms with E-state index in [1.165, 1.54) is 93.9 Å². The molecule has 2 aliphatic carbocycles. The Hall–Kier alpha value is -7.16. The van der Waals surface area contributed by atoms with E-state index < -0.39 is 0 Å². The van der Waals surface area contributed by atoms with E-state index in [-0.39, 0.29) is 10.8 Å². The molecule has 60 heavy (non-hydrogen) atoms. The predicted octanol–water partition coefficient (Wildman–Crippen LogP) is 15.7. The van der Waals surface area contributed by atoms with E-state index in [0.717, 1.165) is 17.1 Å². The van der Waals surface area contributed by atoms with E-state index in [4.69, 9.17) is 0 Å². The molecule has 0 saturated carbocycles. The van der Waals surface area contributed by atoms with E-state index in [1.807, 2.05) is 0 Å². The summed E-state index contributed by atoms with van der Waals surface area (Å²) in [6.07, 6.45) is 0. The number of hydrogen-bond acceptors (Lipinski definition) is 1. The molecule has 1 heterocycles. The van der Waals surface area contributed by atoms with E-state index >= 15 is 0 Å². The van der Waals surface area contributed by atoms with Crippen molar-refractivity contribution in [1.82, 2.24) is 4.57 Å². The number of nitrogens with zero attached hydrogens (tertiary/aromatic N) is 2. The van der Waals surface area contributed by atoms with Crippen molar-refractivity contribution >= 4 is 49.6 Å². The number of rotatable bonds is 5. The topological polar surface area (TPSA) is 8.17 Å². The predicted molar refractivity (Wildman–Crippen MR) is 254 cm³/mol. The molecule has 0 amide bonds. The summed E-state index contributed by atoms with van der Waals surface area (Å²) in [5.41, 5.74) is 20.0. The first-order chi connectivity index (χ1) is 29.3. The van der Waals surface area contributed by atoms with Gasteiger partial charge in [-0.25, -0.2) is 0 Å². The van der Waals surface area contributed by atoms with Crippen LogP contribution in [-0.4, -0.2) is 4.57 Å². The first kappa shape index (κ1) is 34.8. The van der Waals surface area contributed by atoms with Crippen LogP contribution in [-0.2, 0) is 10.8 Å². The zero-order chi connectivity index (χ0) is 40.3. The molecule has 0 unspecified atom stereocenters. The summed E-state index contributed by atoms with van der Waals surface area (Å²) in [5.74, 6) is 0. The summed E-state index contributed by atoms with van der Waals surface area (Å²) >= 11 is 0. The second-order valence-corrected chi connectivity index (χ2v) is 17.8. The van der Waals surface area contributed by atoms with Gasteiger partial charge >= 0.3 is 0 Å². The molecule has 0 atom stereocenters. The van der Waals surface area contributed by atoms with Crippen molar-refractivity contribution < 1.29 is 0 Å². The van der Waals surface area contributed by atoms with Gasteiger partial charge in [-0.3, -0.25) is 0 Å². The summed E-state index contributed by atoms with van der Waals surface area (Å²) in [4.78, 5) is 2.47. The molecule has 0 aliphatic heterocycles. The summed E-state index contributed by atoms with van der Waals surface area (Å²) in [7, 11) is 0. The minimum atomic E-state index is -0.220. The molecular formula is C58H44N2. The van der Waals surface area contributed by atoms with E-state index in [2.05, 4.69) is 231 Å². The molecule has 10 aromatic rings. The van der Waals surface area contributed by atoms with Crippen LogP contribution in [0.2, 0.25) is 0 Å². The van der Waals surface area contributed by atoms with Gasteiger partial charge in [0, 0.05) is 44.2 Å². The van der Waals surface area contributed by atoms with Gasteiger partial charge in [-0.05, 0) is 122 Å². The van der Waals surface area contributed by atoms with Gasteiger partial charge in [0.15, 0.2) is 0 Å². The fraction of sp³-hybridized carbons (Fsp3) is 0.103. The average molecular weight is 769 g/mol. The Labute approximate surface area is 351 Å². The summed E-state index contributed by atoms with van der Waals surface area (Å²) in [6.45, 7) is 9.53. The number of fused-ring (bicyclic) bond motifs is 10. The van der Waals surface area contributed by atoms with Crippen molar-refractivity contribution in [3.63, 3.8) is 0 Å². The molecule has 9 aromatic carbocycles. The van der Waals surface area contributed by atoms with Gasteiger partial charge < -0.3 is 9.47 Å². The van der Waals surface area contributed by atoms with E-state index in [0.29, 0.717) is 0 Å². The lowest BCUT2D eigenvalue weighted by Crippen LogP contribution is -2.18. The van der Waals surface area contributed by atoms with Gasteiger partial charge in [-0.1, -0.05) is 161 Å². The second-order valence-electron chi connectivity index (χ2n) is 17.8. The Kier molecular flexibility index (Phi) is 7.36. The summed E-state index contributed by atoms with van der Waals surface area (Å²) in [5, 5.41) is 5.07. The summed E-state index contributed by atoms with van der Waals surface area (Å²) < 4.78 is 2.48. The number of para-hydroxylation sites is 2. The monoisotopic (exact) mass is 768 g/mol. The van der Waals surface area contributed by atoms with Crippen LogP contribution in [0.1, 0.15) is 49.9 Å². The largest absolute Gasteiger partial charge is 0.310 e. The molecule has 12 rings (SSSR count). The highest BCUT2D eigenvalue weighted by Crippen LogP contribution is 2.55. The molecule has 0 radical (unpaired) electrons. The third-order valence-electron chi connectivity index (χ3n) is 13.8. The van der Waals surface area contributed by atoms with Crippen molar-refractivity contribution in [3.05, 3.63) is 216 Å². The maximum Gasteiger partial charge on any atom is 0.0543 e. The minimum Gasteiger partial charge on any atom is -0.310 e. The molecule has 2 nitrogen and oxygen atoms in total. The lowest BCUT2D eigenvalue weighted by Gasteiger charge is -2.30. The first-order valence-corrected chi connectivity index (χ1v) is 21.2. The van der Waals surface area contributed by atoms with Crippen molar-refractivity contribution in [2.75, 3.05) is 4.90 Å². The molecule has 0 saturated heterocycles. The third-order valence-corrected chi connectivity index (χ3v) is 13.8. The smallest absolute Gasteiger partial charge is 0.0543 e. The Morgan fingerprint density at radius 2 is 0.900 bits per heavy atom. The maximum atomic E-state index is 2.48. The first-order valence-electron chi connectivity index (χ1n) is 21.2. The van der Waals surface area contributed by atoms with Crippen LogP contribution in [0.5, 0.6) is 0 Å². The highest BCUT2D eigenvalue weighted by Gasteiger charge is 2.39. The normalized spacial score (nSPS) is 14.3. The van der Waals surface area contributed by atoms with Gasteiger partial charge in [0.05, 0.1) is 16.7 Å². The quantitative estimate of drug-likeness (QED) is 0.169. The standard InChI is InChI=1S/C58H44N2/c1-57(2)49-19-10-7-16-44(49)45-32-30-42(35-51(45)57)59(41-28-26-38(27-29-41)40-25-24-37-14-5-6-15-39(37)34-40)43-31-33-48-52(36-43)58(3,4)50-20-13-23-55(56(48)50)60-53-21-11-8-17-46(53)47-18-9-12-22-54(47)60/h5-36H,1-4H3. The number of anilines is 3. The minimum absolute atomic E-state index is 0.113. The van der Waals surface area contributed by atoms with Crippen molar-refractivity contribution in [2.24, 2.45) is 0 Å². The number of benzene rings is 9. The zero-order valence-corrected chi connectivity index (χ0v) is 34.4. The van der Waals surface area contributed by atoms with Crippen LogP contribution in [0.15, 0.2) is 194 Å². The maximum absolute atomic E-state index is 2.48. The second kappa shape index (κ2) is 12.7. The van der Waals surface area contributed by atoms with Gasteiger partial charge in [-0.2, -0.15) is 0 Å². The fourth-order valence-corrected chi connectivity index (χ4v) is 10.7. The Morgan fingerprint density at radius 1 is 0.367 bits per heavy atom. The van der Waals surface area contributed by atoms with Gasteiger partial charge in [-0.15, -0.1) is 0 Å². The molecule has 0 N–H and O–H groups in total. The summed E-state index contributed by atoms with van der Waals surface area (Å²) in [6, 6.07) is 72.3. The molecule has 0 fully saturated rings. The number of aromatic nitrogens is 1. The molecule has 286 valence electrons. The highest BCUT2D eigenvalue weighted by molar-refractivity contribution is 6.10. The van der Waals surface area contributed by atoms with Gasteiger partial charge in [0.25, 0.3) is 0 Å². The lowest BCUT2D eigenvalue weighted by molar-refractivity contribution is 0.660. The van der Waals surface area contributed by atoms with Crippen molar-refractivity contribution in [2.45, 2.75) is 38.5 Å². The van der Waals surface area contributed by atoms with Crippen LogP contribution in [0.4, 0.5) is 17.1 Å². The van der Waals surface area contributed by atoms with Gasteiger partial charge in [0.1, 0.15) is 0 Å². The SMILES string of the molecule is CC1(C)c2ccccc2-c2ccc(N(c3ccc(-c4ccc5ccccc5c4)cc3)c3ccc4c(c3)C(C)(C)c3cccc(-n5c6ccccc6c6ccccc65)c3-4)cc21. The molecule has 0 spiro atoms. The Balaban J connectivity index is 1.03. The Bertz CT molecular complexity index is 3320. The number of hydrogen-bond donors (Lipinski definition) is 0. The third kappa shape index (κ3) is 4.94. The lowest BCUT2D eigenvalue weighted by atomic mass is 9.82. The molecular weight excluding hydrogens is 725 g/mol. The van der Waals surface area contributed by atoms with Gasteiger partial charge in [0.2, 0.25) is 0 Å². The highest BCUT2D eigenvalue weighted by atomic mass is 15.1. The van der Waals surface area contributed by atoms with Crippen molar-refractivity contribution in [1.29, 1.82) is 0 Å². The van der Waals surface area contributed by atoms with E-state index in [9.17, 15) is 0 Å². The fourth-order valence-electron chi connectivity index (χ4n) is 10.7. The van der Waals surface area contributed by atoms with Crippen LogP contribution in [0.3, 0.4) is 0 Å². The molecule has 2 aliphatic rings.